The van der Waals surface area contributed by atoms with E-state index in [0.29, 0.717) is 11.4 Å². The summed E-state index contributed by atoms with van der Waals surface area (Å²) in [7, 11) is 0. The second-order valence-electron chi connectivity index (χ2n) is 5.69. The first-order valence-electron chi connectivity index (χ1n) is 7.76. The minimum atomic E-state index is -0.645. The van der Waals surface area contributed by atoms with Gasteiger partial charge in [-0.05, 0) is 49.7 Å². The molecule has 0 radical (unpaired) electrons. The summed E-state index contributed by atoms with van der Waals surface area (Å²) in [6.45, 7) is 3.57. The number of hydrazine groups is 1. The summed E-state index contributed by atoms with van der Waals surface area (Å²) >= 11 is 3.39. The molecule has 0 spiro atoms. The normalized spacial score (nSPS) is 16.9. The summed E-state index contributed by atoms with van der Waals surface area (Å²) in [6.07, 6.45) is 0. The Morgan fingerprint density at radius 1 is 1.24 bits per heavy atom. The van der Waals surface area contributed by atoms with Crippen LogP contribution in [0.15, 0.2) is 58.0 Å². The highest BCUT2D eigenvalue weighted by atomic mass is 79.9. The average molecular weight is 401 g/mol. The summed E-state index contributed by atoms with van der Waals surface area (Å²) < 4.78 is 0.936. The molecular weight excluding hydrogens is 384 g/mol. The molecule has 7 heteroatoms. The largest absolute Gasteiger partial charge is 0.319 e. The van der Waals surface area contributed by atoms with Crippen molar-refractivity contribution in [1.82, 2.24) is 5.43 Å². The lowest BCUT2D eigenvalue weighted by Crippen LogP contribution is -2.57. The number of aryl methyl sites for hydroxylation is 1. The van der Waals surface area contributed by atoms with Crippen LogP contribution in [0, 0.1) is 6.92 Å². The SMILES string of the molecule is Cc1cc(Br)ccc1NC(=O)C1=N[C@H](C)C(=O)N(c2ccccc2)N1. The predicted molar refractivity (Wildman–Crippen MR) is 101 cm³/mol. The van der Waals surface area contributed by atoms with E-state index in [0.717, 1.165) is 10.0 Å². The van der Waals surface area contributed by atoms with Crippen molar-refractivity contribution in [2.24, 2.45) is 4.99 Å². The van der Waals surface area contributed by atoms with Gasteiger partial charge in [0.1, 0.15) is 6.04 Å². The number of para-hydroxylation sites is 1. The highest BCUT2D eigenvalue weighted by Gasteiger charge is 2.30. The number of rotatable bonds is 3. The predicted octanol–water partition coefficient (Wildman–Crippen LogP) is 3.03. The van der Waals surface area contributed by atoms with Gasteiger partial charge >= 0.3 is 0 Å². The van der Waals surface area contributed by atoms with Crippen LogP contribution >= 0.6 is 15.9 Å². The number of nitrogens with one attached hydrogen (secondary N) is 2. The van der Waals surface area contributed by atoms with Gasteiger partial charge in [-0.15, -0.1) is 0 Å². The number of hydrogen-bond acceptors (Lipinski definition) is 4. The number of carbonyl (C=O) groups excluding carboxylic acids is 2. The Kier molecular flexibility index (Phi) is 4.85. The molecule has 25 heavy (non-hydrogen) atoms. The van der Waals surface area contributed by atoms with Crippen molar-refractivity contribution < 1.29 is 9.59 Å². The van der Waals surface area contributed by atoms with Crippen molar-refractivity contribution in [3.63, 3.8) is 0 Å². The molecule has 2 aromatic carbocycles. The van der Waals surface area contributed by atoms with Crippen LogP contribution in [0.25, 0.3) is 0 Å². The standard InChI is InChI=1S/C18H17BrN4O2/c1-11-10-13(19)8-9-15(11)21-17(24)16-20-12(2)18(25)23(22-16)14-6-4-3-5-7-14/h3-10,12H,1-2H3,(H,20,22)(H,21,24)/t12-/m1/s1. The molecule has 3 rings (SSSR count). The van der Waals surface area contributed by atoms with Gasteiger partial charge < -0.3 is 5.32 Å². The summed E-state index contributed by atoms with van der Waals surface area (Å²) in [6, 6.07) is 14.0. The molecule has 0 saturated heterocycles. The first-order chi connectivity index (χ1) is 12.0. The third-order valence-corrected chi connectivity index (χ3v) is 4.28. The van der Waals surface area contributed by atoms with Gasteiger partial charge in [0.25, 0.3) is 11.8 Å². The Balaban J connectivity index is 1.82. The van der Waals surface area contributed by atoms with E-state index in [9.17, 15) is 9.59 Å². The Hall–Kier alpha value is -2.67. The molecule has 2 amide bonds. The molecule has 6 nitrogen and oxygen atoms in total. The molecule has 0 fully saturated rings. The molecule has 0 saturated carbocycles. The van der Waals surface area contributed by atoms with Crippen LogP contribution in [0.5, 0.6) is 0 Å². The maximum Gasteiger partial charge on any atom is 0.292 e. The monoisotopic (exact) mass is 400 g/mol. The van der Waals surface area contributed by atoms with E-state index in [1.807, 2.05) is 43.3 Å². The zero-order chi connectivity index (χ0) is 18.0. The summed E-state index contributed by atoms with van der Waals surface area (Å²) in [4.78, 5) is 29.1. The topological polar surface area (TPSA) is 73.8 Å². The quantitative estimate of drug-likeness (QED) is 0.831. The molecule has 128 valence electrons. The van der Waals surface area contributed by atoms with Crippen molar-refractivity contribution in [3.8, 4) is 0 Å². The van der Waals surface area contributed by atoms with Gasteiger partial charge in [-0.1, -0.05) is 34.1 Å². The third-order valence-electron chi connectivity index (χ3n) is 3.78. The van der Waals surface area contributed by atoms with Gasteiger partial charge in [0.15, 0.2) is 0 Å². The van der Waals surface area contributed by atoms with Crippen LogP contribution in [-0.4, -0.2) is 23.7 Å². The molecule has 0 unspecified atom stereocenters. The molecule has 0 bridgehead atoms. The number of aliphatic imine (C=N–C) groups is 1. The van der Waals surface area contributed by atoms with Crippen molar-refractivity contribution in [2.45, 2.75) is 19.9 Å². The maximum atomic E-state index is 12.6. The first kappa shape index (κ1) is 17.2. The van der Waals surface area contributed by atoms with Crippen molar-refractivity contribution in [3.05, 3.63) is 58.6 Å². The smallest absolute Gasteiger partial charge is 0.292 e. The summed E-state index contributed by atoms with van der Waals surface area (Å²) in [5.74, 6) is -0.522. The van der Waals surface area contributed by atoms with Crippen molar-refractivity contribution >= 4 is 45.0 Å². The second kappa shape index (κ2) is 7.06. The lowest BCUT2D eigenvalue weighted by Gasteiger charge is -2.30. The molecule has 1 aliphatic rings. The fraction of sp³-hybridized carbons (Fsp3) is 0.167. The number of carbonyl (C=O) groups is 2. The molecule has 0 aliphatic carbocycles. The van der Waals surface area contributed by atoms with Crippen LogP contribution < -0.4 is 15.8 Å². The highest BCUT2D eigenvalue weighted by Crippen LogP contribution is 2.21. The van der Waals surface area contributed by atoms with Gasteiger partial charge in [0, 0.05) is 10.2 Å². The number of halogens is 1. The molecule has 0 aromatic heterocycles. The van der Waals surface area contributed by atoms with Crippen LogP contribution in [-0.2, 0) is 9.59 Å². The molecular formula is C18H17BrN4O2. The van der Waals surface area contributed by atoms with Crippen molar-refractivity contribution in [2.75, 3.05) is 10.3 Å². The van der Waals surface area contributed by atoms with Crippen LogP contribution in [0.1, 0.15) is 12.5 Å². The highest BCUT2D eigenvalue weighted by molar-refractivity contribution is 9.10. The lowest BCUT2D eigenvalue weighted by atomic mass is 10.2. The van der Waals surface area contributed by atoms with Gasteiger partial charge in [-0.3, -0.25) is 15.0 Å². The second-order valence-corrected chi connectivity index (χ2v) is 6.60. The molecule has 1 aliphatic heterocycles. The maximum absolute atomic E-state index is 12.6. The van der Waals surface area contributed by atoms with E-state index in [4.69, 9.17) is 0 Å². The van der Waals surface area contributed by atoms with Gasteiger partial charge in [0.05, 0.1) is 5.69 Å². The number of anilines is 2. The molecule has 1 atom stereocenters. The van der Waals surface area contributed by atoms with E-state index in [2.05, 4.69) is 31.7 Å². The Morgan fingerprint density at radius 2 is 1.96 bits per heavy atom. The third kappa shape index (κ3) is 3.71. The fourth-order valence-corrected chi connectivity index (χ4v) is 2.93. The van der Waals surface area contributed by atoms with Crippen molar-refractivity contribution in [1.29, 1.82) is 0 Å². The number of nitrogens with zero attached hydrogens (tertiary/aromatic N) is 2. The van der Waals surface area contributed by atoms with E-state index in [-0.39, 0.29) is 11.7 Å². The van der Waals surface area contributed by atoms with Gasteiger partial charge in [-0.25, -0.2) is 10.0 Å². The zero-order valence-corrected chi connectivity index (χ0v) is 15.4. The number of benzene rings is 2. The van der Waals surface area contributed by atoms with E-state index < -0.39 is 11.9 Å². The minimum Gasteiger partial charge on any atom is -0.319 e. The Morgan fingerprint density at radius 3 is 2.64 bits per heavy atom. The summed E-state index contributed by atoms with van der Waals surface area (Å²) in [5, 5.41) is 4.17. The van der Waals surface area contributed by atoms with E-state index in [1.165, 1.54) is 5.01 Å². The number of amides is 2. The van der Waals surface area contributed by atoms with Gasteiger partial charge in [0.2, 0.25) is 5.84 Å². The van der Waals surface area contributed by atoms with Gasteiger partial charge in [-0.2, -0.15) is 0 Å². The molecule has 1 heterocycles. The fourth-order valence-electron chi connectivity index (χ4n) is 2.45. The Labute approximate surface area is 154 Å². The minimum absolute atomic E-state index is 0.0956. The van der Waals surface area contributed by atoms with Crippen LogP contribution in [0.4, 0.5) is 11.4 Å². The first-order valence-corrected chi connectivity index (χ1v) is 8.56. The number of amidine groups is 1. The summed E-state index contributed by atoms with van der Waals surface area (Å²) in [5.41, 5.74) is 5.07. The Bertz CT molecular complexity index is 851. The lowest BCUT2D eigenvalue weighted by molar-refractivity contribution is -0.120. The average Bonchev–Trinajstić information content (AvgIpc) is 2.60. The van der Waals surface area contributed by atoms with E-state index >= 15 is 0 Å². The number of hydrogen-bond donors (Lipinski definition) is 2. The van der Waals surface area contributed by atoms with E-state index in [1.54, 1.807) is 19.1 Å². The van der Waals surface area contributed by atoms with Crippen LogP contribution in [0.2, 0.25) is 0 Å². The zero-order valence-electron chi connectivity index (χ0n) is 13.8. The molecule has 2 N–H and O–H groups in total. The molecule has 2 aromatic rings. The van der Waals surface area contributed by atoms with Crippen LogP contribution in [0.3, 0.4) is 0 Å².